The van der Waals surface area contributed by atoms with E-state index in [1.165, 1.54) is 49.6 Å². The highest BCUT2D eigenvalue weighted by Crippen LogP contribution is 2.53. The van der Waals surface area contributed by atoms with Crippen LogP contribution in [0.2, 0.25) is 0 Å². The zero-order chi connectivity index (χ0) is 41.6. The van der Waals surface area contributed by atoms with Gasteiger partial charge in [0, 0.05) is 56.0 Å². The van der Waals surface area contributed by atoms with Gasteiger partial charge < -0.3 is 14.4 Å². The van der Waals surface area contributed by atoms with E-state index in [2.05, 4.69) is 265 Å². The minimum atomic E-state index is -0.252. The zero-order valence-corrected chi connectivity index (χ0v) is 34.9. The van der Waals surface area contributed by atoms with Crippen LogP contribution in [0.15, 0.2) is 224 Å². The van der Waals surface area contributed by atoms with E-state index in [-0.39, 0.29) is 5.41 Å². The van der Waals surface area contributed by atoms with Crippen molar-refractivity contribution >= 4 is 68.1 Å². The first-order chi connectivity index (χ1) is 30.5. The van der Waals surface area contributed by atoms with Gasteiger partial charge in [0.15, 0.2) is 0 Å². The fourth-order valence-corrected chi connectivity index (χ4v) is 9.62. The maximum atomic E-state index is 2.50. The first-order valence-corrected chi connectivity index (χ1v) is 21.4. The van der Waals surface area contributed by atoms with E-state index >= 15 is 0 Å². The van der Waals surface area contributed by atoms with E-state index < -0.39 is 0 Å². The first kappa shape index (κ1) is 37.1. The summed E-state index contributed by atoms with van der Waals surface area (Å²) >= 11 is 0. The van der Waals surface area contributed by atoms with Crippen molar-refractivity contribution in [2.75, 3.05) is 9.80 Å². The molecule has 0 radical (unpaired) electrons. The third-order valence-corrected chi connectivity index (χ3v) is 12.5. The Bertz CT molecular complexity index is 3140. The van der Waals surface area contributed by atoms with Crippen molar-refractivity contribution in [3.63, 3.8) is 0 Å². The molecular weight excluding hydrogens is 751 g/mol. The number of hydrogen-bond donors (Lipinski definition) is 0. The molecule has 0 bridgehead atoms. The number of rotatable bonds is 9. The van der Waals surface area contributed by atoms with E-state index in [1.54, 1.807) is 0 Å². The lowest BCUT2D eigenvalue weighted by molar-refractivity contribution is 0.663. The Balaban J connectivity index is 0.984. The van der Waals surface area contributed by atoms with Crippen LogP contribution in [-0.4, -0.2) is 4.57 Å². The number of benzene rings is 9. The monoisotopic (exact) mass is 795 g/mol. The Kier molecular flexibility index (Phi) is 9.17. The third-order valence-electron chi connectivity index (χ3n) is 12.5. The summed E-state index contributed by atoms with van der Waals surface area (Å²) in [5, 5.41) is 2.49. The summed E-state index contributed by atoms with van der Waals surface area (Å²) in [6.45, 7) is 4.80. The fraction of sp³-hybridized carbons (Fsp3) is 0.0508. The zero-order valence-electron chi connectivity index (χ0n) is 34.9. The number of hydrogen-bond acceptors (Lipinski definition) is 2. The number of fused-ring (bicyclic) bond motifs is 7. The molecule has 0 unspecified atom stereocenters. The molecule has 3 heteroatoms. The van der Waals surface area contributed by atoms with Gasteiger partial charge in [-0.05, 0) is 124 Å². The summed E-state index contributed by atoms with van der Waals surface area (Å²) in [5.74, 6) is 0. The highest BCUT2D eigenvalue weighted by molar-refractivity contribution is 6.14. The lowest BCUT2D eigenvalue weighted by Gasteiger charge is -2.25. The Hall–Kier alpha value is -7.88. The molecular formula is C59H45N3. The van der Waals surface area contributed by atoms with Crippen molar-refractivity contribution in [2.24, 2.45) is 0 Å². The Morgan fingerprint density at radius 2 is 0.839 bits per heavy atom. The van der Waals surface area contributed by atoms with Crippen LogP contribution in [0.4, 0.5) is 34.1 Å². The normalized spacial score (nSPS) is 12.7. The molecule has 296 valence electrons. The topological polar surface area (TPSA) is 11.4 Å². The van der Waals surface area contributed by atoms with Crippen LogP contribution >= 0.6 is 0 Å². The van der Waals surface area contributed by atoms with Crippen LogP contribution in [-0.2, 0) is 5.41 Å². The molecule has 1 aliphatic rings. The van der Waals surface area contributed by atoms with Gasteiger partial charge in [-0.25, -0.2) is 0 Å². The summed E-state index contributed by atoms with van der Waals surface area (Å²) < 4.78 is 2.50. The summed E-state index contributed by atoms with van der Waals surface area (Å²) in [5.41, 5.74) is 17.8. The fourth-order valence-electron chi connectivity index (χ4n) is 9.62. The molecule has 0 N–H and O–H groups in total. The molecule has 62 heavy (non-hydrogen) atoms. The minimum absolute atomic E-state index is 0.252. The lowest BCUT2D eigenvalue weighted by Crippen LogP contribution is -2.16. The van der Waals surface area contributed by atoms with Gasteiger partial charge in [-0.15, -0.1) is 0 Å². The van der Waals surface area contributed by atoms with Crippen LogP contribution < -0.4 is 9.80 Å². The molecule has 0 spiro atoms. The molecule has 1 aliphatic carbocycles. The predicted molar refractivity (Wildman–Crippen MR) is 263 cm³/mol. The minimum Gasteiger partial charge on any atom is -0.311 e. The SMILES string of the molecule is CC1(C)c2cc(/C=C/c3ccc(N(c4ccccc4)c4ccccc4)cc3)ccc2-c2ccc3c4cc(N(c5ccccc5)c5ccccc5)ccc4n(-c4ccccc4)c3c21. The standard InChI is InChI=1S/C59H45N3/c1-59(2)55-40-43(29-28-42-30-33-49(34-31-42)60(44-18-8-3-9-19-44)45-20-10-4-11-21-45)32-36-51(55)52-37-38-53-54-41-50(61(46-22-12-5-13-23-46)47-24-14-6-15-25-47)35-39-56(54)62(58(53)57(52)59)48-26-16-7-17-27-48/h3-41H,1-2H3/b29-28+. The molecule has 0 saturated heterocycles. The Morgan fingerprint density at radius 1 is 0.387 bits per heavy atom. The van der Waals surface area contributed by atoms with Crippen molar-refractivity contribution in [1.82, 2.24) is 4.57 Å². The summed E-state index contributed by atoms with van der Waals surface area (Å²) in [6, 6.07) is 80.8. The number of anilines is 6. The molecule has 0 amide bonds. The van der Waals surface area contributed by atoms with Crippen LogP contribution in [0.5, 0.6) is 0 Å². The molecule has 10 aromatic rings. The van der Waals surface area contributed by atoms with E-state index in [0.29, 0.717) is 0 Å². The average molecular weight is 796 g/mol. The number of aromatic nitrogens is 1. The van der Waals surface area contributed by atoms with E-state index in [1.807, 2.05) is 0 Å². The van der Waals surface area contributed by atoms with Gasteiger partial charge in [-0.1, -0.05) is 159 Å². The third kappa shape index (κ3) is 6.38. The van der Waals surface area contributed by atoms with Crippen LogP contribution in [0.3, 0.4) is 0 Å². The first-order valence-electron chi connectivity index (χ1n) is 21.4. The van der Waals surface area contributed by atoms with Crippen molar-refractivity contribution in [2.45, 2.75) is 19.3 Å². The van der Waals surface area contributed by atoms with Gasteiger partial charge in [0.2, 0.25) is 0 Å². The maximum Gasteiger partial charge on any atom is 0.0588 e. The largest absolute Gasteiger partial charge is 0.311 e. The molecule has 0 fully saturated rings. The smallest absolute Gasteiger partial charge is 0.0588 e. The highest BCUT2D eigenvalue weighted by atomic mass is 15.1. The maximum absolute atomic E-state index is 2.50. The molecule has 1 aromatic heterocycles. The second kappa shape index (κ2) is 15.3. The predicted octanol–water partition coefficient (Wildman–Crippen LogP) is 16.2. The van der Waals surface area contributed by atoms with Crippen LogP contribution in [0.25, 0.3) is 50.8 Å². The van der Waals surface area contributed by atoms with Gasteiger partial charge in [0.1, 0.15) is 0 Å². The van der Waals surface area contributed by atoms with E-state index in [4.69, 9.17) is 0 Å². The molecule has 3 nitrogen and oxygen atoms in total. The summed E-state index contributed by atoms with van der Waals surface area (Å²) in [6.07, 6.45) is 4.48. The van der Waals surface area contributed by atoms with Gasteiger partial charge >= 0.3 is 0 Å². The van der Waals surface area contributed by atoms with E-state index in [0.717, 1.165) is 45.4 Å². The van der Waals surface area contributed by atoms with E-state index in [9.17, 15) is 0 Å². The Labute approximate surface area is 363 Å². The van der Waals surface area contributed by atoms with Gasteiger partial charge in [-0.3, -0.25) is 0 Å². The quantitative estimate of drug-likeness (QED) is 0.135. The van der Waals surface area contributed by atoms with Gasteiger partial charge in [-0.2, -0.15) is 0 Å². The molecule has 0 aliphatic heterocycles. The molecule has 1 heterocycles. The summed E-state index contributed by atoms with van der Waals surface area (Å²) in [4.78, 5) is 4.65. The van der Waals surface area contributed by atoms with Gasteiger partial charge in [0.25, 0.3) is 0 Å². The molecule has 0 saturated carbocycles. The highest BCUT2D eigenvalue weighted by Gasteiger charge is 2.39. The average Bonchev–Trinajstić information content (AvgIpc) is 3.78. The van der Waals surface area contributed by atoms with Crippen LogP contribution in [0.1, 0.15) is 36.1 Å². The lowest BCUT2D eigenvalue weighted by atomic mass is 9.81. The number of nitrogens with zero attached hydrogens (tertiary/aromatic N) is 3. The van der Waals surface area contributed by atoms with Crippen molar-refractivity contribution in [1.29, 1.82) is 0 Å². The second-order valence-corrected chi connectivity index (χ2v) is 16.6. The summed E-state index contributed by atoms with van der Waals surface area (Å²) in [7, 11) is 0. The molecule has 9 aromatic carbocycles. The molecule has 11 rings (SSSR count). The van der Waals surface area contributed by atoms with Crippen molar-refractivity contribution in [3.8, 4) is 16.8 Å². The van der Waals surface area contributed by atoms with Crippen LogP contribution in [0, 0.1) is 0 Å². The van der Waals surface area contributed by atoms with Crippen molar-refractivity contribution < 1.29 is 0 Å². The Morgan fingerprint density at radius 3 is 1.40 bits per heavy atom. The molecule has 0 atom stereocenters. The second-order valence-electron chi connectivity index (χ2n) is 16.6. The van der Waals surface area contributed by atoms with Crippen molar-refractivity contribution in [3.05, 3.63) is 247 Å². The number of para-hydroxylation sites is 5. The van der Waals surface area contributed by atoms with Gasteiger partial charge in [0.05, 0.1) is 11.0 Å².